The van der Waals surface area contributed by atoms with Crippen LogP contribution in [0.4, 0.5) is 0 Å². The lowest BCUT2D eigenvalue weighted by Crippen LogP contribution is -2.43. The molecule has 0 saturated carbocycles. The number of allylic oxidation sites excluding steroid dienone is 1. The van der Waals surface area contributed by atoms with Crippen molar-refractivity contribution >= 4 is 37.9 Å². The van der Waals surface area contributed by atoms with Crippen molar-refractivity contribution in [3.05, 3.63) is 39.2 Å². The maximum atomic E-state index is 12.2. The van der Waals surface area contributed by atoms with Gasteiger partial charge in [0.25, 0.3) is 10.0 Å². The van der Waals surface area contributed by atoms with Gasteiger partial charge in [-0.05, 0) is 55.6 Å². The van der Waals surface area contributed by atoms with Crippen LogP contribution >= 0.6 is 27.9 Å². The summed E-state index contributed by atoms with van der Waals surface area (Å²) >= 11 is 4.41. The van der Waals surface area contributed by atoms with Crippen LogP contribution in [0, 0.1) is 0 Å². The summed E-state index contributed by atoms with van der Waals surface area (Å²) in [6, 6.07) is 6.24. The van der Waals surface area contributed by atoms with E-state index in [4.69, 9.17) is 5.26 Å². The van der Waals surface area contributed by atoms with E-state index in [9.17, 15) is 8.42 Å². The fourth-order valence-electron chi connectivity index (χ4n) is 1.59. The van der Waals surface area contributed by atoms with E-state index in [1.165, 1.54) is 16.5 Å². The first kappa shape index (κ1) is 16.0. The van der Waals surface area contributed by atoms with E-state index >= 15 is 0 Å². The molecule has 0 spiro atoms. The molecule has 0 saturated heterocycles. The van der Waals surface area contributed by atoms with Crippen molar-refractivity contribution in [3.8, 4) is 0 Å². The molecule has 20 heavy (non-hydrogen) atoms. The van der Waals surface area contributed by atoms with Gasteiger partial charge < -0.3 is 0 Å². The lowest BCUT2D eigenvalue weighted by Gasteiger charge is -2.22. The van der Waals surface area contributed by atoms with Crippen LogP contribution in [0.25, 0.3) is 0 Å². The first-order chi connectivity index (χ1) is 9.35. The van der Waals surface area contributed by atoms with Gasteiger partial charge in [0.2, 0.25) is 0 Å². The van der Waals surface area contributed by atoms with Gasteiger partial charge in [0.1, 0.15) is 0 Å². The highest BCUT2D eigenvalue weighted by Gasteiger charge is 2.34. The van der Waals surface area contributed by atoms with E-state index < -0.39 is 16.3 Å². The third kappa shape index (κ3) is 3.25. The zero-order chi connectivity index (χ0) is 14.9. The molecule has 0 aliphatic carbocycles. The summed E-state index contributed by atoms with van der Waals surface area (Å²) in [6.45, 7) is 3.58. The fourth-order valence-corrected chi connectivity index (χ4v) is 4.06. The molecule has 2 N–H and O–H groups in total. The Hall–Kier alpha value is -0.420. The van der Waals surface area contributed by atoms with Gasteiger partial charge in [0.05, 0.1) is 4.90 Å². The number of nitrogens with one attached hydrogen (secondary N) is 1. The van der Waals surface area contributed by atoms with Crippen LogP contribution in [-0.4, -0.2) is 24.3 Å². The lowest BCUT2D eigenvalue weighted by molar-refractivity contribution is -0.290. The molecule has 1 heterocycles. The number of sulfonamides is 1. The molecule has 110 valence electrons. The summed E-state index contributed by atoms with van der Waals surface area (Å²) < 4.78 is 26.5. The van der Waals surface area contributed by atoms with Crippen molar-refractivity contribution < 1.29 is 18.6 Å². The normalized spacial score (nSPS) is 20.7. The van der Waals surface area contributed by atoms with Crippen molar-refractivity contribution in [2.24, 2.45) is 0 Å². The van der Waals surface area contributed by atoms with E-state index in [1.807, 2.05) is 6.92 Å². The average Bonchev–Trinajstić information content (AvgIpc) is 2.64. The average molecular weight is 381 g/mol. The molecule has 0 amide bonds. The van der Waals surface area contributed by atoms with Crippen molar-refractivity contribution in [1.82, 2.24) is 9.25 Å². The predicted octanol–water partition coefficient (Wildman–Crippen LogP) is 2.72. The van der Waals surface area contributed by atoms with Crippen LogP contribution in [0.2, 0.25) is 0 Å². The molecule has 1 aliphatic heterocycles. The van der Waals surface area contributed by atoms with Gasteiger partial charge in [-0.1, -0.05) is 15.9 Å². The molecule has 1 aromatic rings. The van der Waals surface area contributed by atoms with Gasteiger partial charge >= 0.3 is 0 Å². The van der Waals surface area contributed by atoms with Gasteiger partial charge in [-0.15, -0.1) is 9.25 Å². The van der Waals surface area contributed by atoms with E-state index in [0.29, 0.717) is 0 Å². The maximum Gasteiger partial charge on any atom is 0.254 e. The Balaban J connectivity index is 2.20. The maximum absolute atomic E-state index is 12.2. The molecule has 1 atom stereocenters. The Morgan fingerprint density at radius 1 is 1.35 bits per heavy atom. The number of hydrogen-bond acceptors (Lipinski definition) is 6. The topological polar surface area (TPSA) is 78.9 Å². The molecule has 1 aromatic carbocycles. The molecule has 1 aliphatic rings. The van der Waals surface area contributed by atoms with Crippen LogP contribution in [0.15, 0.2) is 44.1 Å². The molecule has 2 rings (SSSR count). The third-order valence-electron chi connectivity index (χ3n) is 2.81. The number of nitrogens with zero attached hydrogens (tertiary/aromatic N) is 1. The standard InChI is InChI=1S/C11H13BrN2O4S2/c1-7-8(2)19-14(11(7)18-15)13-20(16,17)10-5-3-9(12)4-6-10/h3-6,11,13,15H,1-2H3. The Kier molecular flexibility index (Phi) is 4.90. The van der Waals surface area contributed by atoms with Crippen LogP contribution in [-0.2, 0) is 14.9 Å². The summed E-state index contributed by atoms with van der Waals surface area (Å²) in [5, 5.41) is 8.90. The van der Waals surface area contributed by atoms with Crippen molar-refractivity contribution in [2.75, 3.05) is 0 Å². The Morgan fingerprint density at radius 2 is 1.95 bits per heavy atom. The molecule has 1 unspecified atom stereocenters. The molecule has 0 radical (unpaired) electrons. The zero-order valence-corrected chi connectivity index (χ0v) is 13.9. The molecule has 0 fully saturated rings. The summed E-state index contributed by atoms with van der Waals surface area (Å²) in [5.41, 5.74) is 0.746. The highest BCUT2D eigenvalue weighted by Crippen LogP contribution is 2.36. The minimum atomic E-state index is -3.73. The minimum Gasteiger partial charge on any atom is -0.250 e. The molecular formula is C11H13BrN2O4S2. The van der Waals surface area contributed by atoms with Crippen LogP contribution in [0.5, 0.6) is 0 Å². The molecule has 0 bridgehead atoms. The second-order valence-corrected chi connectivity index (χ2v) is 7.93. The number of hydrazine groups is 1. The smallest absolute Gasteiger partial charge is 0.250 e. The van der Waals surface area contributed by atoms with E-state index in [1.54, 1.807) is 19.1 Å². The second-order valence-electron chi connectivity index (χ2n) is 4.16. The van der Waals surface area contributed by atoms with Crippen LogP contribution in [0.1, 0.15) is 13.8 Å². The Bertz CT molecular complexity index is 630. The van der Waals surface area contributed by atoms with Crippen LogP contribution in [0.3, 0.4) is 0 Å². The Morgan fingerprint density at radius 3 is 2.50 bits per heavy atom. The number of benzene rings is 1. The first-order valence-corrected chi connectivity index (χ1v) is 8.63. The summed E-state index contributed by atoms with van der Waals surface area (Å²) in [5.74, 6) is 0. The first-order valence-electron chi connectivity index (χ1n) is 5.58. The number of hydrogen-bond donors (Lipinski definition) is 2. The fraction of sp³-hybridized carbons (Fsp3) is 0.273. The lowest BCUT2D eigenvalue weighted by atomic mass is 10.2. The number of halogens is 1. The van der Waals surface area contributed by atoms with Gasteiger partial charge in [-0.25, -0.2) is 18.6 Å². The van der Waals surface area contributed by atoms with E-state index in [0.717, 1.165) is 26.9 Å². The van der Waals surface area contributed by atoms with Gasteiger partial charge in [-0.3, -0.25) is 0 Å². The van der Waals surface area contributed by atoms with Crippen LogP contribution < -0.4 is 4.83 Å². The minimum absolute atomic E-state index is 0.125. The SMILES string of the molecule is CC1=C(C)C(OO)N(NS(=O)(=O)c2ccc(Br)cc2)S1. The molecule has 0 aromatic heterocycles. The second kappa shape index (κ2) is 6.14. The quantitative estimate of drug-likeness (QED) is 0.474. The summed E-state index contributed by atoms with van der Waals surface area (Å²) in [7, 11) is -3.73. The highest BCUT2D eigenvalue weighted by molar-refractivity contribution is 9.10. The molecule has 9 heteroatoms. The van der Waals surface area contributed by atoms with Crippen molar-refractivity contribution in [1.29, 1.82) is 0 Å². The van der Waals surface area contributed by atoms with Crippen molar-refractivity contribution in [3.63, 3.8) is 0 Å². The largest absolute Gasteiger partial charge is 0.254 e. The van der Waals surface area contributed by atoms with Gasteiger partial charge in [0.15, 0.2) is 6.23 Å². The third-order valence-corrected chi connectivity index (χ3v) is 5.86. The zero-order valence-electron chi connectivity index (χ0n) is 10.7. The molecule has 6 nitrogen and oxygen atoms in total. The summed E-state index contributed by atoms with van der Waals surface area (Å²) in [4.78, 5) is 7.69. The van der Waals surface area contributed by atoms with E-state index in [-0.39, 0.29) is 4.90 Å². The van der Waals surface area contributed by atoms with Gasteiger partial charge in [-0.2, -0.15) is 0 Å². The monoisotopic (exact) mass is 380 g/mol. The van der Waals surface area contributed by atoms with E-state index in [2.05, 4.69) is 25.6 Å². The number of rotatable bonds is 4. The highest BCUT2D eigenvalue weighted by atomic mass is 79.9. The molecular weight excluding hydrogens is 368 g/mol. The van der Waals surface area contributed by atoms with Crippen molar-refractivity contribution in [2.45, 2.75) is 25.0 Å². The predicted molar refractivity (Wildman–Crippen MR) is 79.8 cm³/mol. The Labute approximate surface area is 130 Å². The summed E-state index contributed by atoms with van der Waals surface area (Å²) in [6.07, 6.45) is -0.842. The van der Waals surface area contributed by atoms with Gasteiger partial charge in [0, 0.05) is 9.38 Å².